The molecule has 0 bridgehead atoms. The predicted molar refractivity (Wildman–Crippen MR) is 206 cm³/mol. The van der Waals surface area contributed by atoms with Crippen molar-refractivity contribution in [1.82, 2.24) is 9.80 Å². The van der Waals surface area contributed by atoms with E-state index in [0.717, 1.165) is 45.1 Å². The highest BCUT2D eigenvalue weighted by Gasteiger charge is 2.18. The molecule has 0 spiro atoms. The second-order valence-electron chi connectivity index (χ2n) is 16.7. The number of rotatable bonds is 33. The second kappa shape index (κ2) is 30.7. The molecule has 6 heteroatoms. The number of ether oxygens (including phenoxy) is 2. The van der Waals surface area contributed by atoms with E-state index in [1.807, 2.05) is 0 Å². The molecule has 286 valence electrons. The molecule has 0 N–H and O–H groups in total. The predicted octanol–water partition coefficient (Wildman–Crippen LogP) is 10.8. The summed E-state index contributed by atoms with van der Waals surface area (Å²) in [5.41, 5.74) is 0. The van der Waals surface area contributed by atoms with Crippen LogP contribution in [0.15, 0.2) is 0 Å². The van der Waals surface area contributed by atoms with Gasteiger partial charge in [0.1, 0.15) is 0 Å². The molecule has 0 aromatic rings. The molecule has 0 aromatic heterocycles. The Labute approximate surface area is 300 Å². The molecule has 0 aliphatic heterocycles. The zero-order chi connectivity index (χ0) is 36.2. The first kappa shape index (κ1) is 46.9. The summed E-state index contributed by atoms with van der Waals surface area (Å²) in [6.07, 6.45) is 19.8. The summed E-state index contributed by atoms with van der Waals surface area (Å²) in [7, 11) is 4.31. The first-order chi connectivity index (χ1) is 22.8. The van der Waals surface area contributed by atoms with E-state index in [9.17, 15) is 9.59 Å². The molecule has 0 saturated carbocycles. The Balaban J connectivity index is 4.19. The number of hydrogen-bond acceptors (Lipinski definition) is 6. The SMILES string of the molecule is CC(C)CCC(COC(=O)CCCCCCCN(CCCCCCCC(=O)OCC(CCC(C)C)C(C)C)CCCCN(C)C)C(C)C. The van der Waals surface area contributed by atoms with Crippen molar-refractivity contribution < 1.29 is 19.1 Å². The van der Waals surface area contributed by atoms with E-state index in [1.54, 1.807) is 0 Å². The number of nitrogens with zero attached hydrogens (tertiary/aromatic N) is 2. The maximum atomic E-state index is 12.3. The van der Waals surface area contributed by atoms with Crippen LogP contribution in [-0.2, 0) is 19.1 Å². The van der Waals surface area contributed by atoms with Crippen molar-refractivity contribution in [2.24, 2.45) is 35.5 Å². The summed E-state index contributed by atoms with van der Waals surface area (Å²) in [6, 6.07) is 0. The minimum atomic E-state index is -0.0127. The fourth-order valence-corrected chi connectivity index (χ4v) is 6.23. The van der Waals surface area contributed by atoms with Crippen LogP contribution in [0.2, 0.25) is 0 Å². The standard InChI is InChI=1S/C42H84N2O4/c1-35(2)25-27-39(37(5)6)33-47-41(45)23-17-13-11-15-19-30-44(32-22-21-29-43(9)10)31-20-16-12-14-18-24-42(46)48-34-40(38(7)8)28-26-36(3)4/h35-40H,11-34H2,1-10H3. The molecule has 48 heavy (non-hydrogen) atoms. The summed E-state index contributed by atoms with van der Waals surface area (Å²) < 4.78 is 11.3. The normalized spacial score (nSPS) is 13.4. The summed E-state index contributed by atoms with van der Waals surface area (Å²) in [5.74, 6) is 3.43. The molecular weight excluding hydrogens is 596 g/mol. The van der Waals surface area contributed by atoms with Gasteiger partial charge in [-0.05, 0) is 127 Å². The minimum Gasteiger partial charge on any atom is -0.465 e. The first-order valence-electron chi connectivity index (χ1n) is 20.5. The van der Waals surface area contributed by atoms with E-state index < -0.39 is 0 Å². The van der Waals surface area contributed by atoms with Crippen molar-refractivity contribution in [1.29, 1.82) is 0 Å². The van der Waals surface area contributed by atoms with Crippen LogP contribution in [0.3, 0.4) is 0 Å². The number of carbonyl (C=O) groups is 2. The van der Waals surface area contributed by atoms with Crippen LogP contribution in [-0.4, -0.2) is 75.2 Å². The minimum absolute atomic E-state index is 0.0127. The van der Waals surface area contributed by atoms with E-state index in [-0.39, 0.29) is 11.9 Å². The van der Waals surface area contributed by atoms with Crippen molar-refractivity contribution >= 4 is 11.9 Å². The lowest BCUT2D eigenvalue weighted by Crippen LogP contribution is -2.28. The lowest BCUT2D eigenvalue weighted by atomic mass is 9.89. The van der Waals surface area contributed by atoms with Crippen LogP contribution in [0, 0.1) is 35.5 Å². The van der Waals surface area contributed by atoms with Gasteiger partial charge in [0, 0.05) is 12.8 Å². The zero-order valence-electron chi connectivity index (χ0n) is 34.0. The number of carbonyl (C=O) groups excluding carboxylic acids is 2. The average molecular weight is 681 g/mol. The quantitative estimate of drug-likeness (QED) is 0.0508. The van der Waals surface area contributed by atoms with Crippen LogP contribution >= 0.6 is 0 Å². The van der Waals surface area contributed by atoms with Gasteiger partial charge in [0.15, 0.2) is 0 Å². The lowest BCUT2D eigenvalue weighted by molar-refractivity contribution is -0.146. The highest BCUT2D eigenvalue weighted by atomic mass is 16.5. The molecular formula is C42H84N2O4. The molecule has 2 atom stereocenters. The monoisotopic (exact) mass is 681 g/mol. The smallest absolute Gasteiger partial charge is 0.305 e. The van der Waals surface area contributed by atoms with Gasteiger partial charge in [-0.3, -0.25) is 9.59 Å². The van der Waals surface area contributed by atoms with Gasteiger partial charge in [0.05, 0.1) is 13.2 Å². The van der Waals surface area contributed by atoms with Gasteiger partial charge in [-0.2, -0.15) is 0 Å². The summed E-state index contributed by atoms with van der Waals surface area (Å²) in [4.78, 5) is 29.6. The molecule has 6 nitrogen and oxygen atoms in total. The molecule has 0 amide bonds. The van der Waals surface area contributed by atoms with Gasteiger partial charge in [0.2, 0.25) is 0 Å². The van der Waals surface area contributed by atoms with Gasteiger partial charge in [-0.25, -0.2) is 0 Å². The summed E-state index contributed by atoms with van der Waals surface area (Å²) in [5, 5.41) is 0. The Bertz CT molecular complexity index is 698. The van der Waals surface area contributed by atoms with Crippen LogP contribution in [0.5, 0.6) is 0 Å². The maximum Gasteiger partial charge on any atom is 0.305 e. The van der Waals surface area contributed by atoms with Gasteiger partial charge < -0.3 is 19.3 Å². The van der Waals surface area contributed by atoms with Gasteiger partial charge in [0.25, 0.3) is 0 Å². The van der Waals surface area contributed by atoms with E-state index >= 15 is 0 Å². The Morgan fingerprint density at radius 2 is 0.792 bits per heavy atom. The molecule has 0 aliphatic carbocycles. The highest BCUT2D eigenvalue weighted by Crippen LogP contribution is 2.22. The summed E-state index contributed by atoms with van der Waals surface area (Å²) >= 11 is 0. The van der Waals surface area contributed by atoms with Crippen molar-refractivity contribution in [3.8, 4) is 0 Å². The third-order valence-electron chi connectivity index (χ3n) is 10.1. The fraction of sp³-hybridized carbons (Fsp3) is 0.952. The van der Waals surface area contributed by atoms with Gasteiger partial charge in [-0.1, -0.05) is 107 Å². The zero-order valence-corrected chi connectivity index (χ0v) is 34.0. The number of unbranched alkanes of at least 4 members (excludes halogenated alkanes) is 9. The van der Waals surface area contributed by atoms with E-state index in [1.165, 1.54) is 83.8 Å². The van der Waals surface area contributed by atoms with Crippen molar-refractivity contribution in [3.63, 3.8) is 0 Å². The van der Waals surface area contributed by atoms with Gasteiger partial charge >= 0.3 is 11.9 Å². The van der Waals surface area contributed by atoms with Crippen molar-refractivity contribution in [3.05, 3.63) is 0 Å². The molecule has 0 aliphatic rings. The molecule has 0 saturated heterocycles. The average Bonchev–Trinajstić information content (AvgIpc) is 3.00. The molecule has 0 radical (unpaired) electrons. The van der Waals surface area contributed by atoms with Crippen LogP contribution in [0.1, 0.15) is 171 Å². The Hall–Kier alpha value is -1.14. The molecule has 0 rings (SSSR count). The second-order valence-corrected chi connectivity index (χ2v) is 16.7. The first-order valence-corrected chi connectivity index (χ1v) is 20.5. The lowest BCUT2D eigenvalue weighted by Gasteiger charge is -2.23. The highest BCUT2D eigenvalue weighted by molar-refractivity contribution is 5.69. The van der Waals surface area contributed by atoms with Crippen molar-refractivity contribution in [2.45, 2.75) is 171 Å². The Kier molecular flexibility index (Phi) is 29.9. The molecule has 0 heterocycles. The van der Waals surface area contributed by atoms with Crippen LogP contribution < -0.4 is 0 Å². The van der Waals surface area contributed by atoms with Crippen LogP contribution in [0.25, 0.3) is 0 Å². The fourth-order valence-electron chi connectivity index (χ4n) is 6.23. The maximum absolute atomic E-state index is 12.3. The number of esters is 2. The van der Waals surface area contributed by atoms with E-state index in [4.69, 9.17) is 9.47 Å². The largest absolute Gasteiger partial charge is 0.465 e. The van der Waals surface area contributed by atoms with Gasteiger partial charge in [-0.15, -0.1) is 0 Å². The number of hydrogen-bond donors (Lipinski definition) is 0. The molecule has 2 unspecified atom stereocenters. The van der Waals surface area contributed by atoms with E-state index in [2.05, 4.69) is 79.3 Å². The van der Waals surface area contributed by atoms with Crippen LogP contribution in [0.4, 0.5) is 0 Å². The van der Waals surface area contributed by atoms with E-state index in [0.29, 0.717) is 61.6 Å². The molecule has 0 fully saturated rings. The third kappa shape index (κ3) is 29.7. The Morgan fingerprint density at radius 3 is 1.15 bits per heavy atom. The third-order valence-corrected chi connectivity index (χ3v) is 10.1. The molecule has 0 aromatic carbocycles. The van der Waals surface area contributed by atoms with Crippen molar-refractivity contribution in [2.75, 3.05) is 53.5 Å². The Morgan fingerprint density at radius 1 is 0.458 bits per heavy atom. The summed E-state index contributed by atoms with van der Waals surface area (Å²) in [6.45, 7) is 23.9. The topological polar surface area (TPSA) is 59.1 Å².